The van der Waals surface area contributed by atoms with Crippen molar-refractivity contribution in [1.82, 2.24) is 15.1 Å². The standard InChI is InChI=1S/C9H17N3O/c1-8(10-4-3-5-13)9-6-11-12(2)7-9/h6-8,10,13H,3-5H2,1-2H3. The average molecular weight is 183 g/mol. The van der Waals surface area contributed by atoms with E-state index in [1.165, 1.54) is 5.56 Å². The zero-order valence-electron chi connectivity index (χ0n) is 8.20. The number of hydrogen-bond donors (Lipinski definition) is 2. The van der Waals surface area contributed by atoms with Gasteiger partial charge in [-0.1, -0.05) is 0 Å². The first kappa shape index (κ1) is 10.2. The maximum Gasteiger partial charge on any atom is 0.0537 e. The van der Waals surface area contributed by atoms with E-state index in [0.717, 1.165) is 13.0 Å². The van der Waals surface area contributed by atoms with Crippen LogP contribution in [0.25, 0.3) is 0 Å². The SMILES string of the molecule is CC(NCCCO)c1cnn(C)c1. The molecule has 1 atom stereocenters. The lowest BCUT2D eigenvalue weighted by molar-refractivity contribution is 0.284. The molecular weight excluding hydrogens is 166 g/mol. The highest BCUT2D eigenvalue weighted by Gasteiger charge is 2.05. The average Bonchev–Trinajstić information content (AvgIpc) is 2.52. The summed E-state index contributed by atoms with van der Waals surface area (Å²) in [5.41, 5.74) is 1.18. The summed E-state index contributed by atoms with van der Waals surface area (Å²) in [7, 11) is 1.91. The normalized spacial score (nSPS) is 13.2. The van der Waals surface area contributed by atoms with Gasteiger partial charge in [0.25, 0.3) is 0 Å². The van der Waals surface area contributed by atoms with Gasteiger partial charge in [-0.3, -0.25) is 4.68 Å². The van der Waals surface area contributed by atoms with Gasteiger partial charge in [-0.15, -0.1) is 0 Å². The third-order valence-corrected chi connectivity index (χ3v) is 2.01. The quantitative estimate of drug-likeness (QED) is 0.652. The molecule has 1 unspecified atom stereocenters. The van der Waals surface area contributed by atoms with E-state index in [1.54, 1.807) is 4.68 Å². The summed E-state index contributed by atoms with van der Waals surface area (Å²) in [4.78, 5) is 0. The largest absolute Gasteiger partial charge is 0.396 e. The fraction of sp³-hybridized carbons (Fsp3) is 0.667. The third kappa shape index (κ3) is 3.16. The Morgan fingerprint density at radius 3 is 3.00 bits per heavy atom. The lowest BCUT2D eigenvalue weighted by atomic mass is 10.2. The second-order valence-corrected chi connectivity index (χ2v) is 3.20. The van der Waals surface area contributed by atoms with Crippen LogP contribution in [0.1, 0.15) is 24.9 Å². The smallest absolute Gasteiger partial charge is 0.0537 e. The van der Waals surface area contributed by atoms with Gasteiger partial charge >= 0.3 is 0 Å². The number of aliphatic hydroxyl groups excluding tert-OH is 1. The molecule has 1 rings (SSSR count). The number of aryl methyl sites for hydroxylation is 1. The monoisotopic (exact) mass is 183 g/mol. The van der Waals surface area contributed by atoms with Gasteiger partial charge in [-0.2, -0.15) is 5.10 Å². The maximum atomic E-state index is 8.60. The van der Waals surface area contributed by atoms with Crippen molar-refractivity contribution >= 4 is 0 Å². The van der Waals surface area contributed by atoms with Gasteiger partial charge < -0.3 is 10.4 Å². The second-order valence-electron chi connectivity index (χ2n) is 3.20. The number of rotatable bonds is 5. The zero-order chi connectivity index (χ0) is 9.68. The minimum atomic E-state index is 0.243. The molecule has 0 aliphatic heterocycles. The van der Waals surface area contributed by atoms with Crippen molar-refractivity contribution in [1.29, 1.82) is 0 Å². The Hall–Kier alpha value is -0.870. The Morgan fingerprint density at radius 1 is 1.69 bits per heavy atom. The van der Waals surface area contributed by atoms with Crippen molar-refractivity contribution < 1.29 is 5.11 Å². The molecule has 0 radical (unpaired) electrons. The molecule has 1 aromatic heterocycles. The van der Waals surface area contributed by atoms with E-state index in [9.17, 15) is 0 Å². The van der Waals surface area contributed by atoms with Crippen molar-refractivity contribution in [2.45, 2.75) is 19.4 Å². The van der Waals surface area contributed by atoms with E-state index in [-0.39, 0.29) is 6.61 Å². The summed E-state index contributed by atoms with van der Waals surface area (Å²) >= 11 is 0. The van der Waals surface area contributed by atoms with Gasteiger partial charge in [0, 0.05) is 31.5 Å². The Morgan fingerprint density at radius 2 is 2.46 bits per heavy atom. The number of aromatic nitrogens is 2. The fourth-order valence-electron chi connectivity index (χ4n) is 1.18. The molecule has 4 nitrogen and oxygen atoms in total. The van der Waals surface area contributed by atoms with Crippen LogP contribution in [-0.4, -0.2) is 28.0 Å². The molecule has 0 aromatic carbocycles. The van der Waals surface area contributed by atoms with Crippen LogP contribution >= 0.6 is 0 Å². The van der Waals surface area contributed by atoms with E-state index < -0.39 is 0 Å². The van der Waals surface area contributed by atoms with E-state index in [2.05, 4.69) is 17.3 Å². The van der Waals surface area contributed by atoms with Crippen molar-refractivity contribution in [3.63, 3.8) is 0 Å². The van der Waals surface area contributed by atoms with Crippen LogP contribution in [0, 0.1) is 0 Å². The lowest BCUT2D eigenvalue weighted by Gasteiger charge is -2.10. The third-order valence-electron chi connectivity index (χ3n) is 2.01. The topological polar surface area (TPSA) is 50.1 Å². The number of nitrogens with one attached hydrogen (secondary N) is 1. The molecule has 0 spiro atoms. The molecule has 0 aliphatic rings. The van der Waals surface area contributed by atoms with Gasteiger partial charge in [-0.25, -0.2) is 0 Å². The molecule has 0 saturated carbocycles. The molecule has 0 aliphatic carbocycles. The van der Waals surface area contributed by atoms with E-state index in [0.29, 0.717) is 6.04 Å². The minimum absolute atomic E-state index is 0.243. The maximum absolute atomic E-state index is 8.60. The van der Waals surface area contributed by atoms with Crippen molar-refractivity contribution in [3.8, 4) is 0 Å². The molecule has 2 N–H and O–H groups in total. The zero-order valence-corrected chi connectivity index (χ0v) is 8.20. The first-order valence-corrected chi connectivity index (χ1v) is 4.57. The molecule has 0 saturated heterocycles. The van der Waals surface area contributed by atoms with Crippen LogP contribution in [0.2, 0.25) is 0 Å². The predicted octanol–water partition coefficient (Wildman–Crippen LogP) is 0.453. The summed E-state index contributed by atoms with van der Waals surface area (Å²) in [6, 6.07) is 0.306. The summed E-state index contributed by atoms with van der Waals surface area (Å²) in [6.45, 7) is 3.17. The van der Waals surface area contributed by atoms with Crippen LogP contribution in [0.5, 0.6) is 0 Å². The van der Waals surface area contributed by atoms with E-state index in [1.807, 2.05) is 19.4 Å². The Kier molecular flexibility index (Phi) is 3.92. The van der Waals surface area contributed by atoms with Crippen LogP contribution < -0.4 is 5.32 Å². The number of nitrogens with zero attached hydrogens (tertiary/aromatic N) is 2. The van der Waals surface area contributed by atoms with E-state index in [4.69, 9.17) is 5.11 Å². The summed E-state index contributed by atoms with van der Waals surface area (Å²) in [6.07, 6.45) is 4.65. The molecule has 0 fully saturated rings. The van der Waals surface area contributed by atoms with Gasteiger partial charge in [0.15, 0.2) is 0 Å². The summed E-state index contributed by atoms with van der Waals surface area (Å²) in [5.74, 6) is 0. The summed E-state index contributed by atoms with van der Waals surface area (Å²) in [5, 5.41) is 16.0. The highest BCUT2D eigenvalue weighted by Crippen LogP contribution is 2.09. The molecule has 0 bridgehead atoms. The van der Waals surface area contributed by atoms with E-state index >= 15 is 0 Å². The van der Waals surface area contributed by atoms with Crippen LogP contribution in [0.15, 0.2) is 12.4 Å². The highest BCUT2D eigenvalue weighted by molar-refractivity contribution is 5.08. The van der Waals surface area contributed by atoms with Crippen molar-refractivity contribution in [2.24, 2.45) is 7.05 Å². The Balaban J connectivity index is 2.35. The van der Waals surface area contributed by atoms with Gasteiger partial charge in [0.1, 0.15) is 0 Å². The van der Waals surface area contributed by atoms with Crippen LogP contribution in [-0.2, 0) is 7.05 Å². The molecular formula is C9H17N3O. The minimum Gasteiger partial charge on any atom is -0.396 e. The van der Waals surface area contributed by atoms with Crippen molar-refractivity contribution in [3.05, 3.63) is 18.0 Å². The molecule has 1 heterocycles. The Labute approximate surface area is 78.6 Å². The second kappa shape index (κ2) is 4.99. The van der Waals surface area contributed by atoms with Crippen LogP contribution in [0.3, 0.4) is 0 Å². The van der Waals surface area contributed by atoms with Crippen molar-refractivity contribution in [2.75, 3.05) is 13.2 Å². The molecule has 13 heavy (non-hydrogen) atoms. The number of aliphatic hydroxyl groups is 1. The Bertz CT molecular complexity index is 247. The first-order valence-electron chi connectivity index (χ1n) is 4.57. The molecule has 0 amide bonds. The molecule has 1 aromatic rings. The predicted molar refractivity (Wildman–Crippen MR) is 51.3 cm³/mol. The van der Waals surface area contributed by atoms with Gasteiger partial charge in [0.05, 0.1) is 6.20 Å². The number of hydrogen-bond acceptors (Lipinski definition) is 3. The first-order chi connectivity index (χ1) is 6.24. The molecule has 74 valence electrons. The van der Waals surface area contributed by atoms with Gasteiger partial charge in [-0.05, 0) is 19.9 Å². The summed E-state index contributed by atoms with van der Waals surface area (Å²) < 4.78 is 1.79. The highest BCUT2D eigenvalue weighted by atomic mass is 16.3. The van der Waals surface area contributed by atoms with Crippen LogP contribution in [0.4, 0.5) is 0 Å². The molecule has 4 heteroatoms. The van der Waals surface area contributed by atoms with Gasteiger partial charge in [0.2, 0.25) is 0 Å². The lowest BCUT2D eigenvalue weighted by Crippen LogP contribution is -2.20. The fourth-order valence-corrected chi connectivity index (χ4v) is 1.18.